The normalized spacial score (nSPS) is 10.7. The van der Waals surface area contributed by atoms with Gasteiger partial charge in [0.1, 0.15) is 11.4 Å². The van der Waals surface area contributed by atoms with E-state index in [4.69, 9.17) is 9.84 Å². The molecule has 0 amide bonds. The van der Waals surface area contributed by atoms with Gasteiger partial charge in [-0.1, -0.05) is 0 Å². The summed E-state index contributed by atoms with van der Waals surface area (Å²) in [5.74, 6) is -0.244. The fraction of sp³-hybridized carbons (Fsp3) is 0.182. The van der Waals surface area contributed by atoms with Crippen LogP contribution in [0.15, 0.2) is 22.7 Å². The molecular weight excluding hydrogens is 274 g/mol. The summed E-state index contributed by atoms with van der Waals surface area (Å²) in [4.78, 5) is 11.0. The molecule has 0 aliphatic carbocycles. The second-order valence-corrected chi connectivity index (χ2v) is 4.30. The molecule has 1 aromatic carbocycles. The van der Waals surface area contributed by atoms with E-state index in [9.17, 15) is 4.79 Å². The molecular formula is C11H10BrNO3. The number of aryl methyl sites for hydroxylation is 1. The van der Waals surface area contributed by atoms with E-state index < -0.39 is 5.97 Å². The highest BCUT2D eigenvalue weighted by atomic mass is 79.9. The fourth-order valence-corrected chi connectivity index (χ4v) is 2.47. The van der Waals surface area contributed by atoms with Gasteiger partial charge in [-0.15, -0.1) is 0 Å². The maximum atomic E-state index is 11.0. The third-order valence-corrected chi connectivity index (χ3v) is 3.11. The van der Waals surface area contributed by atoms with Crippen molar-refractivity contribution in [3.63, 3.8) is 0 Å². The van der Waals surface area contributed by atoms with E-state index in [-0.39, 0.29) is 5.69 Å². The fourth-order valence-electron chi connectivity index (χ4n) is 1.75. The van der Waals surface area contributed by atoms with Crippen LogP contribution in [0.4, 0.5) is 0 Å². The largest absolute Gasteiger partial charge is 0.497 e. The van der Waals surface area contributed by atoms with Crippen molar-refractivity contribution >= 4 is 32.8 Å². The molecule has 0 saturated heterocycles. The van der Waals surface area contributed by atoms with Crippen molar-refractivity contribution in [3.05, 3.63) is 28.4 Å². The Morgan fingerprint density at radius 2 is 2.12 bits per heavy atom. The standard InChI is InChI=1S/C11H10BrNO3/c1-13-9(11(14)15)4-6-3-7(16-2)5-8(12)10(6)13/h3-5H,1-2H3,(H,14,15). The Balaban J connectivity index is 2.80. The number of carboxylic acids is 1. The number of carbonyl (C=O) groups is 1. The van der Waals surface area contributed by atoms with Crippen molar-refractivity contribution < 1.29 is 14.6 Å². The van der Waals surface area contributed by atoms with Crippen molar-refractivity contribution in [2.75, 3.05) is 7.11 Å². The molecule has 5 heteroatoms. The SMILES string of the molecule is COc1cc(Br)c2c(c1)cc(C(=O)O)n2C. The van der Waals surface area contributed by atoms with E-state index >= 15 is 0 Å². The molecule has 0 bridgehead atoms. The number of aromatic nitrogens is 1. The first-order chi connectivity index (χ1) is 7.54. The van der Waals surface area contributed by atoms with Gasteiger partial charge in [-0.05, 0) is 34.1 Å². The van der Waals surface area contributed by atoms with Gasteiger partial charge in [0.25, 0.3) is 0 Å². The van der Waals surface area contributed by atoms with Crippen LogP contribution >= 0.6 is 15.9 Å². The van der Waals surface area contributed by atoms with Crippen LogP contribution in [0.1, 0.15) is 10.5 Å². The van der Waals surface area contributed by atoms with Crippen LogP contribution in [0.3, 0.4) is 0 Å². The molecule has 16 heavy (non-hydrogen) atoms. The minimum Gasteiger partial charge on any atom is -0.497 e. The molecule has 0 unspecified atom stereocenters. The van der Waals surface area contributed by atoms with Gasteiger partial charge in [0.05, 0.1) is 12.6 Å². The summed E-state index contributed by atoms with van der Waals surface area (Å²) in [5.41, 5.74) is 1.10. The summed E-state index contributed by atoms with van der Waals surface area (Å²) in [7, 11) is 3.30. The molecule has 2 aromatic rings. The van der Waals surface area contributed by atoms with E-state index in [2.05, 4.69) is 15.9 Å². The Morgan fingerprint density at radius 1 is 1.44 bits per heavy atom. The maximum Gasteiger partial charge on any atom is 0.352 e. The third kappa shape index (κ3) is 1.57. The lowest BCUT2D eigenvalue weighted by atomic mass is 10.2. The minimum atomic E-state index is -0.940. The van der Waals surface area contributed by atoms with Crippen LogP contribution in [-0.2, 0) is 7.05 Å². The molecule has 0 spiro atoms. The number of halogens is 1. The first-order valence-electron chi connectivity index (χ1n) is 4.61. The lowest BCUT2D eigenvalue weighted by molar-refractivity contribution is 0.0687. The Kier molecular flexibility index (Phi) is 2.63. The third-order valence-electron chi connectivity index (χ3n) is 2.51. The van der Waals surface area contributed by atoms with Crippen molar-refractivity contribution in [1.82, 2.24) is 4.57 Å². The van der Waals surface area contributed by atoms with E-state index in [1.54, 1.807) is 24.8 Å². The summed E-state index contributed by atoms with van der Waals surface area (Å²) in [6.07, 6.45) is 0. The van der Waals surface area contributed by atoms with Crippen molar-refractivity contribution in [2.45, 2.75) is 0 Å². The first-order valence-corrected chi connectivity index (χ1v) is 5.40. The summed E-state index contributed by atoms with van der Waals surface area (Å²) < 4.78 is 7.58. The summed E-state index contributed by atoms with van der Waals surface area (Å²) in [6.45, 7) is 0. The summed E-state index contributed by atoms with van der Waals surface area (Å²) >= 11 is 3.41. The number of benzene rings is 1. The molecule has 0 fully saturated rings. The van der Waals surface area contributed by atoms with Crippen molar-refractivity contribution in [2.24, 2.45) is 7.05 Å². The van der Waals surface area contributed by atoms with Crippen molar-refractivity contribution in [3.8, 4) is 5.75 Å². The monoisotopic (exact) mass is 283 g/mol. The van der Waals surface area contributed by atoms with E-state index in [1.165, 1.54) is 0 Å². The van der Waals surface area contributed by atoms with Crippen LogP contribution in [0.25, 0.3) is 10.9 Å². The van der Waals surface area contributed by atoms with Gasteiger partial charge in [0, 0.05) is 16.9 Å². The Hall–Kier alpha value is -1.49. The number of hydrogen-bond donors (Lipinski definition) is 1. The van der Waals surface area contributed by atoms with Crippen LogP contribution in [-0.4, -0.2) is 22.8 Å². The second-order valence-electron chi connectivity index (χ2n) is 3.44. The number of methoxy groups -OCH3 is 1. The number of carboxylic acid groups (broad SMARTS) is 1. The van der Waals surface area contributed by atoms with Crippen LogP contribution in [0.5, 0.6) is 5.75 Å². The Bertz CT molecular complexity index is 574. The molecule has 0 saturated carbocycles. The quantitative estimate of drug-likeness (QED) is 0.922. The molecule has 4 nitrogen and oxygen atoms in total. The highest BCUT2D eigenvalue weighted by molar-refractivity contribution is 9.10. The molecule has 2 rings (SSSR count). The van der Waals surface area contributed by atoms with Crippen LogP contribution in [0, 0.1) is 0 Å². The highest BCUT2D eigenvalue weighted by Gasteiger charge is 2.14. The van der Waals surface area contributed by atoms with Crippen molar-refractivity contribution in [1.29, 1.82) is 0 Å². The zero-order chi connectivity index (χ0) is 11.9. The van der Waals surface area contributed by atoms with Gasteiger partial charge < -0.3 is 14.4 Å². The van der Waals surface area contributed by atoms with Gasteiger partial charge in [0.2, 0.25) is 0 Å². The molecule has 84 valence electrons. The average molecular weight is 284 g/mol. The molecule has 0 atom stereocenters. The average Bonchev–Trinajstić information content (AvgIpc) is 2.56. The van der Waals surface area contributed by atoms with Crippen LogP contribution < -0.4 is 4.74 Å². The number of nitrogens with zero attached hydrogens (tertiary/aromatic N) is 1. The number of hydrogen-bond acceptors (Lipinski definition) is 2. The van der Waals surface area contributed by atoms with Gasteiger partial charge >= 0.3 is 5.97 Å². The van der Waals surface area contributed by atoms with E-state index in [0.717, 1.165) is 15.4 Å². The predicted octanol–water partition coefficient (Wildman–Crippen LogP) is 2.65. The minimum absolute atomic E-state index is 0.254. The zero-order valence-corrected chi connectivity index (χ0v) is 10.4. The van der Waals surface area contributed by atoms with Gasteiger partial charge in [0.15, 0.2) is 0 Å². The molecule has 1 N–H and O–H groups in total. The second kappa shape index (κ2) is 3.83. The number of rotatable bonds is 2. The van der Waals surface area contributed by atoms with E-state index in [1.807, 2.05) is 12.1 Å². The number of ether oxygens (including phenoxy) is 1. The maximum absolute atomic E-state index is 11.0. The predicted molar refractivity (Wildman–Crippen MR) is 64.1 cm³/mol. The topological polar surface area (TPSA) is 51.5 Å². The Morgan fingerprint density at radius 3 is 2.69 bits per heavy atom. The first kappa shape index (κ1) is 11.0. The van der Waals surface area contributed by atoms with Crippen LogP contribution in [0.2, 0.25) is 0 Å². The molecule has 0 aliphatic heterocycles. The van der Waals surface area contributed by atoms with Gasteiger partial charge in [-0.2, -0.15) is 0 Å². The smallest absolute Gasteiger partial charge is 0.352 e. The lowest BCUT2D eigenvalue weighted by Crippen LogP contribution is -2.03. The van der Waals surface area contributed by atoms with Gasteiger partial charge in [-0.25, -0.2) is 4.79 Å². The molecule has 0 aliphatic rings. The summed E-state index contributed by atoms with van der Waals surface area (Å²) in [5, 5.41) is 9.86. The molecule has 1 aromatic heterocycles. The van der Waals surface area contributed by atoms with Gasteiger partial charge in [-0.3, -0.25) is 0 Å². The number of aromatic carboxylic acids is 1. The highest BCUT2D eigenvalue weighted by Crippen LogP contribution is 2.31. The molecule has 0 radical (unpaired) electrons. The van der Waals surface area contributed by atoms with E-state index in [0.29, 0.717) is 5.75 Å². The zero-order valence-electron chi connectivity index (χ0n) is 8.82. The lowest BCUT2D eigenvalue weighted by Gasteiger charge is -2.04. The number of fused-ring (bicyclic) bond motifs is 1. The summed E-state index contributed by atoms with van der Waals surface area (Å²) in [6, 6.07) is 5.26. The Labute approximate surface area is 101 Å². The molecule has 1 heterocycles.